The summed E-state index contributed by atoms with van der Waals surface area (Å²) < 4.78 is 3.04. The van der Waals surface area contributed by atoms with Gasteiger partial charge in [-0.2, -0.15) is 0 Å². The summed E-state index contributed by atoms with van der Waals surface area (Å²) >= 11 is -1.08. The first kappa shape index (κ1) is 26.0. The molecular weight excluding hydrogens is 426 g/mol. The van der Waals surface area contributed by atoms with Crippen LogP contribution in [0.1, 0.15) is 102 Å². The van der Waals surface area contributed by atoms with E-state index in [0.717, 1.165) is 0 Å². The molecule has 0 bridgehead atoms. The standard InChI is InChI=1S/C16H33.C7H7.CH3.H2O.Sb.H/c1-3-5-7-9-11-13-15-16-14-12-10-8-6-4-2;1-7-5-3-2-4-6-7;;;;/h1,3-16H2,2H3;2-6H,1H2;1H3;1H2;;/q;;;;+1;/p-1. The number of unbranched alkanes of at least 4 members (excludes halogenated alkanes) is 13. The second-order valence-electron chi connectivity index (χ2n) is 7.97. The molecule has 26 heavy (non-hydrogen) atoms. The van der Waals surface area contributed by atoms with Gasteiger partial charge in [-0.1, -0.05) is 26.2 Å². The van der Waals surface area contributed by atoms with Gasteiger partial charge in [0, 0.05) is 0 Å². The molecule has 0 aliphatic carbocycles. The topological polar surface area (TPSA) is 30.0 Å². The Hall–Kier alpha value is -0.00182. The second kappa shape index (κ2) is 19.8. The Labute approximate surface area is 171 Å². The van der Waals surface area contributed by atoms with Crippen molar-refractivity contribution < 1.29 is 5.48 Å². The van der Waals surface area contributed by atoms with Crippen molar-refractivity contribution in [1.82, 2.24) is 0 Å². The van der Waals surface area contributed by atoms with Crippen molar-refractivity contribution in [1.29, 1.82) is 0 Å². The number of hydrogen-bond donors (Lipinski definition) is 0. The van der Waals surface area contributed by atoms with E-state index in [2.05, 4.69) is 42.1 Å². The first-order valence-electron chi connectivity index (χ1n) is 11.2. The van der Waals surface area contributed by atoms with Gasteiger partial charge in [0.15, 0.2) is 0 Å². The summed E-state index contributed by atoms with van der Waals surface area (Å²) in [7, 11) is 0. The summed E-state index contributed by atoms with van der Waals surface area (Å²) in [5.41, 5.74) is 1.59. The Morgan fingerprint density at radius 1 is 0.615 bits per heavy atom. The van der Waals surface area contributed by atoms with E-state index in [1.807, 2.05) is 0 Å². The Kier molecular flexibility index (Phi) is 19.7. The fourth-order valence-electron chi connectivity index (χ4n) is 3.65. The molecule has 0 aliphatic heterocycles. The van der Waals surface area contributed by atoms with Crippen LogP contribution in [0.15, 0.2) is 30.3 Å². The van der Waals surface area contributed by atoms with Crippen LogP contribution < -0.4 is 0 Å². The largest absolute Gasteiger partial charge is 0.870 e. The molecule has 0 aromatic heterocycles. The maximum Gasteiger partial charge on any atom is -0.870 e. The summed E-state index contributed by atoms with van der Waals surface area (Å²) in [6.07, 6.45) is 20.6. The molecule has 0 saturated carbocycles. The summed E-state index contributed by atoms with van der Waals surface area (Å²) in [4.78, 5) is 2.61. The maximum absolute atomic E-state index is 2.61. The molecule has 1 aromatic rings. The van der Waals surface area contributed by atoms with Gasteiger partial charge in [-0.3, -0.25) is 0 Å². The van der Waals surface area contributed by atoms with Crippen LogP contribution in [0.25, 0.3) is 0 Å². The van der Waals surface area contributed by atoms with E-state index >= 15 is 0 Å². The molecule has 0 amide bonds. The molecule has 1 rings (SSSR count). The normalized spacial score (nSPS) is 11.9. The zero-order chi connectivity index (χ0) is 18.0. The average Bonchev–Trinajstić information content (AvgIpc) is 2.63. The van der Waals surface area contributed by atoms with Crippen LogP contribution >= 0.6 is 0 Å². The van der Waals surface area contributed by atoms with Crippen molar-refractivity contribution >= 4 is 20.2 Å². The van der Waals surface area contributed by atoms with Gasteiger partial charge in [0.05, 0.1) is 0 Å². The molecule has 0 aliphatic rings. The zero-order valence-corrected chi connectivity index (χ0v) is 20.5. The molecule has 152 valence electrons. The van der Waals surface area contributed by atoms with Gasteiger partial charge < -0.3 is 5.48 Å². The van der Waals surface area contributed by atoms with Gasteiger partial charge in [-0.15, -0.1) is 0 Å². The first-order valence-corrected chi connectivity index (χ1v) is 18.1. The van der Waals surface area contributed by atoms with E-state index in [1.54, 1.807) is 9.93 Å². The summed E-state index contributed by atoms with van der Waals surface area (Å²) in [5, 5.41) is 0. The molecule has 0 radical (unpaired) electrons. The zero-order valence-electron chi connectivity index (χ0n) is 17.6. The molecule has 0 fully saturated rings. The molecular formula is C24H45OSb. The van der Waals surface area contributed by atoms with Gasteiger partial charge in [0.2, 0.25) is 0 Å². The smallest absolute Gasteiger partial charge is 0.870 e. The third kappa shape index (κ3) is 16.2. The Morgan fingerprint density at radius 2 is 1.04 bits per heavy atom. The van der Waals surface area contributed by atoms with Crippen molar-refractivity contribution in [2.24, 2.45) is 0 Å². The fraction of sp³-hybridized carbons (Fsp3) is 0.750. The van der Waals surface area contributed by atoms with Crippen molar-refractivity contribution in [2.75, 3.05) is 0 Å². The van der Waals surface area contributed by atoms with Crippen LogP contribution in [0, 0.1) is 0 Å². The van der Waals surface area contributed by atoms with Gasteiger partial charge in [0.1, 0.15) is 0 Å². The minimum atomic E-state index is -1.08. The monoisotopic (exact) mass is 470 g/mol. The summed E-state index contributed by atoms with van der Waals surface area (Å²) in [6.45, 7) is 2.30. The predicted octanol–water partition coefficient (Wildman–Crippen LogP) is 7.93. The second-order valence-corrected chi connectivity index (χ2v) is 15.9. The van der Waals surface area contributed by atoms with Gasteiger partial charge in [0.25, 0.3) is 0 Å². The molecule has 0 spiro atoms. The SMILES string of the molecule is CCCCCCCCCCCCCCC[CH2][SbH+]([CH3])[CH2]c1ccccc1.[OH-]. The van der Waals surface area contributed by atoms with Crippen molar-refractivity contribution in [3.8, 4) is 0 Å². The van der Waals surface area contributed by atoms with Gasteiger partial charge in [-0.25, -0.2) is 0 Å². The molecule has 1 aromatic carbocycles. The average molecular weight is 471 g/mol. The molecule has 1 N–H and O–H groups in total. The van der Waals surface area contributed by atoms with Crippen LogP contribution in [-0.2, 0) is 4.37 Å². The van der Waals surface area contributed by atoms with Crippen LogP contribution in [0.3, 0.4) is 0 Å². The van der Waals surface area contributed by atoms with Crippen LogP contribution in [-0.4, -0.2) is 25.7 Å². The number of hydrogen-bond acceptors (Lipinski definition) is 1. The molecule has 2 heteroatoms. The number of rotatable bonds is 17. The Morgan fingerprint density at radius 3 is 1.50 bits per heavy atom. The molecule has 0 saturated heterocycles. The summed E-state index contributed by atoms with van der Waals surface area (Å²) in [6, 6.07) is 11.1. The van der Waals surface area contributed by atoms with E-state index < -0.39 is 20.2 Å². The molecule has 1 unspecified atom stereocenters. The van der Waals surface area contributed by atoms with Crippen molar-refractivity contribution in [2.45, 2.75) is 110 Å². The molecule has 1 atom stereocenters. The van der Waals surface area contributed by atoms with Gasteiger partial charge in [-0.05, 0) is 0 Å². The Balaban J connectivity index is 0.00000625. The van der Waals surface area contributed by atoms with Crippen LogP contribution in [0.5, 0.6) is 0 Å². The van der Waals surface area contributed by atoms with Crippen LogP contribution in [0.4, 0.5) is 0 Å². The fourth-order valence-corrected chi connectivity index (χ4v) is 9.26. The minimum Gasteiger partial charge on any atom is -0.870 e. The maximum atomic E-state index is 2.61. The van der Waals surface area contributed by atoms with E-state index in [1.165, 1.54) is 94.3 Å². The van der Waals surface area contributed by atoms with E-state index in [-0.39, 0.29) is 5.48 Å². The number of benzene rings is 1. The van der Waals surface area contributed by atoms with E-state index in [4.69, 9.17) is 0 Å². The van der Waals surface area contributed by atoms with Crippen molar-refractivity contribution in [3.05, 3.63) is 35.9 Å². The molecule has 0 heterocycles. The summed E-state index contributed by atoms with van der Waals surface area (Å²) in [5.74, 6) is 0. The molecule has 1 nitrogen and oxygen atoms in total. The first-order chi connectivity index (χ1) is 12.3. The van der Waals surface area contributed by atoms with E-state index in [0.29, 0.717) is 0 Å². The van der Waals surface area contributed by atoms with Gasteiger partial charge >= 0.3 is 140 Å². The third-order valence-electron chi connectivity index (χ3n) is 5.31. The Bertz CT molecular complexity index is 379. The van der Waals surface area contributed by atoms with Crippen LogP contribution in [0.2, 0.25) is 9.24 Å². The van der Waals surface area contributed by atoms with Crippen molar-refractivity contribution in [3.63, 3.8) is 0 Å². The predicted molar refractivity (Wildman–Crippen MR) is 120 cm³/mol. The third-order valence-corrected chi connectivity index (χ3v) is 11.6. The minimum absolute atomic E-state index is 0. The quantitative estimate of drug-likeness (QED) is 0.168. The van der Waals surface area contributed by atoms with E-state index in [9.17, 15) is 0 Å².